The fourth-order valence-electron chi connectivity index (χ4n) is 2.59. The first-order valence-electron chi connectivity index (χ1n) is 7.82. The van der Waals surface area contributed by atoms with Crippen LogP contribution >= 0.6 is 11.3 Å². The Morgan fingerprint density at radius 2 is 2.32 bits per heavy atom. The first-order chi connectivity index (χ1) is 10.6. The van der Waals surface area contributed by atoms with Crippen LogP contribution in [0.4, 0.5) is 4.79 Å². The highest BCUT2D eigenvalue weighted by Gasteiger charge is 2.27. The Kier molecular flexibility index (Phi) is 6.18. The van der Waals surface area contributed by atoms with Crippen LogP contribution in [0.5, 0.6) is 0 Å². The molecule has 0 aliphatic carbocycles. The highest BCUT2D eigenvalue weighted by atomic mass is 32.1. The van der Waals surface area contributed by atoms with Gasteiger partial charge in [-0.3, -0.25) is 4.79 Å². The maximum absolute atomic E-state index is 12.2. The fourth-order valence-corrected chi connectivity index (χ4v) is 3.46. The van der Waals surface area contributed by atoms with Crippen molar-refractivity contribution in [1.82, 2.24) is 20.5 Å². The van der Waals surface area contributed by atoms with Gasteiger partial charge in [0.05, 0.1) is 10.9 Å². The Morgan fingerprint density at radius 1 is 1.50 bits per heavy atom. The topological polar surface area (TPSA) is 74.3 Å². The number of amides is 3. The number of aryl methyl sites for hydroxylation is 1. The predicted molar refractivity (Wildman–Crippen MR) is 87.0 cm³/mol. The van der Waals surface area contributed by atoms with Gasteiger partial charge in [-0.25, -0.2) is 9.78 Å². The maximum atomic E-state index is 12.2. The Balaban J connectivity index is 1.75. The highest BCUT2D eigenvalue weighted by Crippen LogP contribution is 2.17. The minimum absolute atomic E-state index is 0.0207. The summed E-state index contributed by atoms with van der Waals surface area (Å²) < 4.78 is 0. The predicted octanol–water partition coefficient (Wildman–Crippen LogP) is 1.42. The van der Waals surface area contributed by atoms with Crippen LogP contribution in [-0.2, 0) is 17.6 Å². The van der Waals surface area contributed by atoms with Gasteiger partial charge in [0.2, 0.25) is 5.91 Å². The molecule has 1 fully saturated rings. The van der Waals surface area contributed by atoms with E-state index in [0.717, 1.165) is 37.2 Å². The van der Waals surface area contributed by atoms with Gasteiger partial charge in [0.15, 0.2) is 0 Å². The van der Waals surface area contributed by atoms with Crippen molar-refractivity contribution in [3.63, 3.8) is 0 Å². The summed E-state index contributed by atoms with van der Waals surface area (Å²) in [6, 6.07) is -0.0825. The number of hydrogen-bond acceptors (Lipinski definition) is 4. The molecule has 1 saturated heterocycles. The molecular formula is C15H24N4O2S. The van der Waals surface area contributed by atoms with Crippen molar-refractivity contribution in [2.45, 2.75) is 32.6 Å². The second-order valence-electron chi connectivity index (χ2n) is 5.46. The van der Waals surface area contributed by atoms with Crippen LogP contribution in [0.3, 0.4) is 0 Å². The van der Waals surface area contributed by atoms with Crippen LogP contribution in [0.15, 0.2) is 6.20 Å². The molecular weight excluding hydrogens is 300 g/mol. The zero-order chi connectivity index (χ0) is 15.9. The van der Waals surface area contributed by atoms with E-state index in [2.05, 4.69) is 22.5 Å². The van der Waals surface area contributed by atoms with E-state index in [0.29, 0.717) is 13.1 Å². The first kappa shape index (κ1) is 16.7. The molecule has 0 radical (unpaired) electrons. The number of thiazole rings is 1. The van der Waals surface area contributed by atoms with Crippen LogP contribution in [0.25, 0.3) is 0 Å². The summed E-state index contributed by atoms with van der Waals surface area (Å²) in [5.74, 6) is -0.0667. The van der Waals surface area contributed by atoms with Crippen molar-refractivity contribution in [2.75, 3.05) is 26.7 Å². The first-order valence-corrected chi connectivity index (χ1v) is 8.63. The van der Waals surface area contributed by atoms with Gasteiger partial charge in [-0.15, -0.1) is 11.3 Å². The zero-order valence-corrected chi connectivity index (χ0v) is 14.0. The van der Waals surface area contributed by atoms with E-state index < -0.39 is 0 Å². The largest absolute Gasteiger partial charge is 0.359 e. The number of hydrogen-bond donors (Lipinski definition) is 2. The number of piperidine rings is 1. The number of nitrogens with one attached hydrogen (secondary N) is 2. The van der Waals surface area contributed by atoms with E-state index in [1.165, 1.54) is 4.88 Å². The summed E-state index contributed by atoms with van der Waals surface area (Å²) in [4.78, 5) is 31.2. The lowest BCUT2D eigenvalue weighted by molar-refractivity contribution is -0.125. The molecule has 0 spiro atoms. The van der Waals surface area contributed by atoms with Crippen LogP contribution in [-0.4, -0.2) is 48.5 Å². The third kappa shape index (κ3) is 4.43. The van der Waals surface area contributed by atoms with Crippen molar-refractivity contribution >= 4 is 23.3 Å². The lowest BCUT2D eigenvalue weighted by Crippen LogP contribution is -2.48. The quantitative estimate of drug-likeness (QED) is 0.860. The van der Waals surface area contributed by atoms with E-state index >= 15 is 0 Å². The third-order valence-electron chi connectivity index (χ3n) is 3.89. The molecule has 2 rings (SSSR count). The molecule has 0 saturated carbocycles. The van der Waals surface area contributed by atoms with Crippen LogP contribution in [0.2, 0.25) is 0 Å². The molecule has 1 aromatic rings. The van der Waals surface area contributed by atoms with Gasteiger partial charge in [0.25, 0.3) is 0 Å². The molecule has 1 aromatic heterocycles. The lowest BCUT2D eigenvalue weighted by Gasteiger charge is -2.31. The van der Waals surface area contributed by atoms with Crippen LogP contribution < -0.4 is 10.6 Å². The number of urea groups is 1. The molecule has 6 nitrogen and oxygen atoms in total. The molecule has 0 aromatic carbocycles. The number of nitrogens with zero attached hydrogens (tertiary/aromatic N) is 2. The summed E-state index contributed by atoms with van der Waals surface area (Å²) in [5, 5.41) is 6.64. The Hall–Kier alpha value is -1.63. The van der Waals surface area contributed by atoms with Crippen molar-refractivity contribution in [3.8, 4) is 0 Å². The summed E-state index contributed by atoms with van der Waals surface area (Å²) >= 11 is 1.70. The number of aromatic nitrogens is 1. The second-order valence-corrected chi connectivity index (χ2v) is 6.65. The van der Waals surface area contributed by atoms with Gasteiger partial charge in [0, 0.05) is 44.2 Å². The second kappa shape index (κ2) is 8.12. The van der Waals surface area contributed by atoms with E-state index in [4.69, 9.17) is 0 Å². The summed E-state index contributed by atoms with van der Waals surface area (Å²) in [7, 11) is 1.64. The van der Waals surface area contributed by atoms with Gasteiger partial charge in [-0.2, -0.15) is 0 Å². The van der Waals surface area contributed by atoms with Crippen molar-refractivity contribution < 1.29 is 9.59 Å². The number of carbonyl (C=O) groups is 2. The highest BCUT2D eigenvalue weighted by molar-refractivity contribution is 7.11. The minimum atomic E-state index is -0.0874. The standard InChI is InChI=1S/C15H24N4O2S/c1-3-12-9-18-13(22-12)6-7-17-15(21)19-8-4-5-11(10-19)14(20)16-2/h9,11H,3-8,10H2,1-2H3,(H,16,20)(H,17,21)/t11-/m0/s1. The molecule has 2 N–H and O–H groups in total. The van der Waals surface area contributed by atoms with E-state index in [1.54, 1.807) is 23.3 Å². The summed E-state index contributed by atoms with van der Waals surface area (Å²) in [6.07, 6.45) is 5.38. The molecule has 7 heteroatoms. The average Bonchev–Trinajstić information content (AvgIpc) is 3.02. The van der Waals surface area contributed by atoms with E-state index in [-0.39, 0.29) is 17.9 Å². The van der Waals surface area contributed by atoms with Crippen molar-refractivity contribution in [3.05, 3.63) is 16.1 Å². The molecule has 1 aliphatic heterocycles. The van der Waals surface area contributed by atoms with Gasteiger partial charge in [-0.1, -0.05) is 6.92 Å². The molecule has 0 unspecified atom stereocenters. The Labute approximate surface area is 135 Å². The molecule has 0 bridgehead atoms. The third-order valence-corrected chi connectivity index (χ3v) is 5.09. The molecule has 1 aliphatic rings. The average molecular weight is 324 g/mol. The number of rotatable bonds is 5. The van der Waals surface area contributed by atoms with Gasteiger partial charge < -0.3 is 15.5 Å². The molecule has 122 valence electrons. The Bertz CT molecular complexity index is 517. The lowest BCUT2D eigenvalue weighted by atomic mass is 9.97. The molecule has 3 amide bonds. The molecule has 2 heterocycles. The van der Waals surface area contributed by atoms with Crippen LogP contribution in [0, 0.1) is 5.92 Å². The van der Waals surface area contributed by atoms with Gasteiger partial charge >= 0.3 is 6.03 Å². The molecule has 1 atom stereocenters. The van der Waals surface area contributed by atoms with Crippen molar-refractivity contribution in [1.29, 1.82) is 0 Å². The molecule has 22 heavy (non-hydrogen) atoms. The smallest absolute Gasteiger partial charge is 0.317 e. The summed E-state index contributed by atoms with van der Waals surface area (Å²) in [6.45, 7) is 3.91. The number of carbonyl (C=O) groups excluding carboxylic acids is 2. The monoisotopic (exact) mass is 324 g/mol. The maximum Gasteiger partial charge on any atom is 0.317 e. The van der Waals surface area contributed by atoms with Crippen molar-refractivity contribution in [2.24, 2.45) is 5.92 Å². The fraction of sp³-hybridized carbons (Fsp3) is 0.667. The van der Waals surface area contributed by atoms with Gasteiger partial charge in [0.1, 0.15) is 0 Å². The number of likely N-dealkylation sites (tertiary alicyclic amines) is 1. The van der Waals surface area contributed by atoms with Gasteiger partial charge in [-0.05, 0) is 19.3 Å². The normalized spacial score (nSPS) is 18.1. The Morgan fingerprint density at radius 3 is 3.00 bits per heavy atom. The zero-order valence-electron chi connectivity index (χ0n) is 13.2. The summed E-state index contributed by atoms with van der Waals surface area (Å²) in [5.41, 5.74) is 0. The van der Waals surface area contributed by atoms with Crippen LogP contribution in [0.1, 0.15) is 29.7 Å². The minimum Gasteiger partial charge on any atom is -0.359 e. The SMILES string of the molecule is CCc1cnc(CCNC(=O)N2CCC[C@H](C(=O)NC)C2)s1. The van der Waals surface area contributed by atoms with E-state index in [1.807, 2.05) is 6.20 Å². The van der Waals surface area contributed by atoms with E-state index in [9.17, 15) is 9.59 Å².